The smallest absolute Gasteiger partial charge is 0.343 e. The first kappa shape index (κ1) is 19.4. The second-order valence-corrected chi connectivity index (χ2v) is 6.16. The number of aliphatic hydroxyl groups is 1. The Balaban J connectivity index is 2.92. The lowest BCUT2D eigenvalue weighted by atomic mass is 9.80. The molecule has 0 amide bonds. The Bertz CT molecular complexity index is 764. The minimum absolute atomic E-state index is 0.0388. The number of methoxy groups -OCH3 is 1. The summed E-state index contributed by atoms with van der Waals surface area (Å²) in [6, 6.07) is 1.28. The van der Waals surface area contributed by atoms with Gasteiger partial charge in [-0.15, -0.1) is 0 Å². The number of ether oxygens (including phenoxy) is 1. The van der Waals surface area contributed by atoms with E-state index >= 15 is 0 Å². The highest BCUT2D eigenvalue weighted by Gasteiger charge is 2.51. The number of fused-ring (bicyclic) bond motifs is 1. The number of hydrogen-bond donors (Lipinski definition) is 1. The Morgan fingerprint density at radius 2 is 2.08 bits per heavy atom. The van der Waals surface area contributed by atoms with Gasteiger partial charge in [-0.2, -0.15) is 0 Å². The molecule has 0 bridgehead atoms. The standard InChI is InChI=1S/C15H17Cl2N3O5/c1-4-19(5-2)12-9(20(23)24)7-15(22,14(21)25-3)8-6-10(16)18-13(17)11(8)12/h6,22H,4-5,7H2,1-3H3. The summed E-state index contributed by atoms with van der Waals surface area (Å²) < 4.78 is 4.65. The molecule has 0 saturated carbocycles. The molecular weight excluding hydrogens is 373 g/mol. The summed E-state index contributed by atoms with van der Waals surface area (Å²) in [6.07, 6.45) is -0.567. The monoisotopic (exact) mass is 389 g/mol. The fourth-order valence-corrected chi connectivity index (χ4v) is 3.50. The maximum Gasteiger partial charge on any atom is 0.343 e. The van der Waals surface area contributed by atoms with Gasteiger partial charge in [0.25, 0.3) is 5.70 Å². The Morgan fingerprint density at radius 3 is 2.56 bits per heavy atom. The second-order valence-electron chi connectivity index (χ2n) is 5.41. The van der Waals surface area contributed by atoms with Gasteiger partial charge in [-0.05, 0) is 19.9 Å². The van der Waals surface area contributed by atoms with Gasteiger partial charge in [0.15, 0.2) is 5.60 Å². The number of nitrogens with zero attached hydrogens (tertiary/aromatic N) is 3. The molecule has 1 aromatic heterocycles. The number of carbonyl (C=O) groups excluding carboxylic acids is 1. The Morgan fingerprint density at radius 1 is 1.48 bits per heavy atom. The first-order valence-electron chi connectivity index (χ1n) is 7.51. The molecule has 0 aliphatic heterocycles. The molecule has 1 atom stereocenters. The summed E-state index contributed by atoms with van der Waals surface area (Å²) in [7, 11) is 1.08. The minimum Gasteiger partial charge on any atom is -0.467 e. The van der Waals surface area contributed by atoms with E-state index in [0.29, 0.717) is 13.1 Å². The molecule has 10 heteroatoms. The summed E-state index contributed by atoms with van der Waals surface area (Å²) in [5.74, 6) is -1.04. The highest BCUT2D eigenvalue weighted by molar-refractivity contribution is 6.34. The van der Waals surface area contributed by atoms with Crippen molar-refractivity contribution in [3.8, 4) is 0 Å². The zero-order valence-corrected chi connectivity index (χ0v) is 15.4. The van der Waals surface area contributed by atoms with Gasteiger partial charge < -0.3 is 14.7 Å². The van der Waals surface area contributed by atoms with E-state index in [-0.39, 0.29) is 32.8 Å². The predicted octanol–water partition coefficient (Wildman–Crippen LogP) is 2.44. The van der Waals surface area contributed by atoms with Crippen molar-refractivity contribution < 1.29 is 19.6 Å². The van der Waals surface area contributed by atoms with Gasteiger partial charge >= 0.3 is 5.97 Å². The molecule has 1 aromatic rings. The SMILES string of the molecule is CCN(CC)C1=C([N+](=O)[O-])CC(O)(C(=O)OC)c2cc(Cl)nc(Cl)c21. The van der Waals surface area contributed by atoms with Crippen LogP contribution in [0.4, 0.5) is 0 Å². The van der Waals surface area contributed by atoms with E-state index in [9.17, 15) is 20.0 Å². The van der Waals surface area contributed by atoms with Crippen LogP contribution in [0.1, 0.15) is 31.4 Å². The van der Waals surface area contributed by atoms with Gasteiger partial charge in [0.1, 0.15) is 16.0 Å². The molecule has 1 heterocycles. The van der Waals surface area contributed by atoms with E-state index < -0.39 is 22.9 Å². The Kier molecular flexibility index (Phi) is 5.55. The van der Waals surface area contributed by atoms with Crippen LogP contribution < -0.4 is 0 Å². The Labute approximate surface area is 154 Å². The normalized spacial score (nSPS) is 19.4. The van der Waals surface area contributed by atoms with Crippen molar-refractivity contribution in [1.82, 2.24) is 9.88 Å². The molecule has 136 valence electrons. The van der Waals surface area contributed by atoms with Crippen molar-refractivity contribution in [2.45, 2.75) is 25.9 Å². The van der Waals surface area contributed by atoms with Crippen LogP contribution in [0.2, 0.25) is 10.3 Å². The number of hydrogen-bond acceptors (Lipinski definition) is 7. The molecule has 1 N–H and O–H groups in total. The second kappa shape index (κ2) is 7.15. The van der Waals surface area contributed by atoms with E-state index in [2.05, 4.69) is 9.72 Å². The molecule has 0 fully saturated rings. The van der Waals surface area contributed by atoms with Crippen LogP contribution in [0, 0.1) is 10.1 Å². The number of rotatable bonds is 5. The third-order valence-corrected chi connectivity index (χ3v) is 4.61. The van der Waals surface area contributed by atoms with Crippen molar-refractivity contribution in [3.63, 3.8) is 0 Å². The molecule has 2 rings (SSSR count). The molecule has 25 heavy (non-hydrogen) atoms. The summed E-state index contributed by atoms with van der Waals surface area (Å²) in [5, 5.41) is 22.4. The molecule has 1 aliphatic rings. The molecule has 0 saturated heterocycles. The minimum atomic E-state index is -2.28. The lowest BCUT2D eigenvalue weighted by molar-refractivity contribution is -0.430. The highest BCUT2D eigenvalue weighted by atomic mass is 35.5. The van der Waals surface area contributed by atoms with Crippen LogP contribution in [0.5, 0.6) is 0 Å². The molecule has 8 nitrogen and oxygen atoms in total. The van der Waals surface area contributed by atoms with Crippen molar-refractivity contribution >= 4 is 34.9 Å². The largest absolute Gasteiger partial charge is 0.467 e. The van der Waals surface area contributed by atoms with Gasteiger partial charge in [0, 0.05) is 24.2 Å². The number of pyridine rings is 1. The molecule has 1 aliphatic carbocycles. The summed E-state index contributed by atoms with van der Waals surface area (Å²) in [4.78, 5) is 28.9. The van der Waals surface area contributed by atoms with Crippen molar-refractivity contribution in [2.24, 2.45) is 0 Å². The highest BCUT2D eigenvalue weighted by Crippen LogP contribution is 2.46. The van der Waals surface area contributed by atoms with Crippen molar-refractivity contribution in [2.75, 3.05) is 20.2 Å². The molecule has 0 radical (unpaired) electrons. The van der Waals surface area contributed by atoms with E-state index in [1.165, 1.54) is 6.07 Å². The first-order valence-corrected chi connectivity index (χ1v) is 8.26. The van der Waals surface area contributed by atoms with Gasteiger partial charge in [-0.25, -0.2) is 9.78 Å². The van der Waals surface area contributed by atoms with Gasteiger partial charge in [-0.1, -0.05) is 23.2 Å². The number of carbonyl (C=O) groups is 1. The van der Waals surface area contributed by atoms with E-state index in [1.54, 1.807) is 4.90 Å². The summed E-state index contributed by atoms with van der Waals surface area (Å²) >= 11 is 12.1. The third-order valence-electron chi connectivity index (χ3n) is 4.15. The number of esters is 1. The molecule has 1 unspecified atom stereocenters. The lowest BCUT2D eigenvalue weighted by Gasteiger charge is -2.35. The van der Waals surface area contributed by atoms with E-state index in [1.807, 2.05) is 13.8 Å². The van der Waals surface area contributed by atoms with Crippen LogP contribution >= 0.6 is 23.2 Å². The maximum atomic E-state index is 12.2. The fourth-order valence-electron chi connectivity index (χ4n) is 2.98. The predicted molar refractivity (Wildman–Crippen MR) is 91.6 cm³/mol. The molecule has 0 aromatic carbocycles. The lowest BCUT2D eigenvalue weighted by Crippen LogP contribution is -2.43. The van der Waals surface area contributed by atoms with Crippen molar-refractivity contribution in [1.29, 1.82) is 0 Å². The van der Waals surface area contributed by atoms with Gasteiger partial charge in [-0.3, -0.25) is 10.1 Å². The molecule has 0 spiro atoms. The Hall–Kier alpha value is -1.90. The van der Waals surface area contributed by atoms with E-state index in [0.717, 1.165) is 7.11 Å². The van der Waals surface area contributed by atoms with Crippen molar-refractivity contribution in [3.05, 3.63) is 43.3 Å². The van der Waals surface area contributed by atoms with Gasteiger partial charge in [0.2, 0.25) is 0 Å². The fraction of sp³-hybridized carbons (Fsp3) is 0.467. The summed E-state index contributed by atoms with van der Waals surface area (Å²) in [6.45, 7) is 4.56. The zero-order chi connectivity index (χ0) is 18.9. The topological polar surface area (TPSA) is 106 Å². The van der Waals surface area contributed by atoms with Gasteiger partial charge in [0.05, 0.1) is 18.5 Å². The van der Waals surface area contributed by atoms with Crippen LogP contribution in [-0.2, 0) is 15.1 Å². The zero-order valence-electron chi connectivity index (χ0n) is 13.9. The number of aromatic nitrogens is 1. The van der Waals surface area contributed by atoms with Crippen LogP contribution in [-0.4, -0.2) is 46.1 Å². The maximum absolute atomic E-state index is 12.2. The average Bonchev–Trinajstić information content (AvgIpc) is 2.56. The van der Waals surface area contributed by atoms with Crippen LogP contribution in [0.25, 0.3) is 5.70 Å². The summed E-state index contributed by atoms with van der Waals surface area (Å²) in [5.41, 5.74) is -2.25. The van der Waals surface area contributed by atoms with Crippen LogP contribution in [0.3, 0.4) is 0 Å². The third kappa shape index (κ3) is 3.17. The van der Waals surface area contributed by atoms with Crippen LogP contribution in [0.15, 0.2) is 11.8 Å². The first-order chi connectivity index (χ1) is 11.7. The number of nitro groups is 1. The average molecular weight is 390 g/mol. The quantitative estimate of drug-likeness (QED) is 0.356. The van der Waals surface area contributed by atoms with E-state index in [4.69, 9.17) is 23.2 Å². The number of halogens is 2. The molecular formula is C15H17Cl2N3O5.